The molecule has 1 aliphatic rings. The highest BCUT2D eigenvalue weighted by Crippen LogP contribution is 2.39. The molecule has 26 heavy (non-hydrogen) atoms. The second-order valence-corrected chi connectivity index (χ2v) is 6.37. The molecule has 1 unspecified atom stereocenters. The Hall–Kier alpha value is -2.70. The van der Waals surface area contributed by atoms with Crippen LogP contribution in [0.2, 0.25) is 0 Å². The van der Waals surface area contributed by atoms with Crippen LogP contribution in [0.1, 0.15) is 39.3 Å². The van der Waals surface area contributed by atoms with E-state index in [1.807, 2.05) is 20.8 Å². The molecule has 1 aromatic rings. The van der Waals surface area contributed by atoms with Gasteiger partial charge in [-0.3, -0.25) is 0 Å². The number of ether oxygens (including phenoxy) is 3. The van der Waals surface area contributed by atoms with Gasteiger partial charge < -0.3 is 24.8 Å². The van der Waals surface area contributed by atoms with Crippen molar-refractivity contribution in [1.29, 1.82) is 0 Å². The van der Waals surface area contributed by atoms with Gasteiger partial charge in [0.05, 0.1) is 31.9 Å². The molecule has 7 heteroatoms. The molecule has 0 spiro atoms. The van der Waals surface area contributed by atoms with Gasteiger partial charge in [-0.2, -0.15) is 0 Å². The van der Waals surface area contributed by atoms with Crippen LogP contribution in [0.3, 0.4) is 0 Å². The number of methoxy groups -OCH3 is 1. The van der Waals surface area contributed by atoms with E-state index in [0.717, 1.165) is 0 Å². The van der Waals surface area contributed by atoms with E-state index in [2.05, 4.69) is 10.6 Å². The van der Waals surface area contributed by atoms with E-state index in [1.165, 1.54) is 0 Å². The van der Waals surface area contributed by atoms with Crippen molar-refractivity contribution in [1.82, 2.24) is 10.6 Å². The Balaban J connectivity index is 2.49. The number of nitrogens with one attached hydrogen (secondary N) is 2. The molecule has 0 aliphatic carbocycles. The fraction of sp³-hybridized carbons (Fsp3) is 0.474. The molecular weight excluding hydrogens is 336 g/mol. The second kappa shape index (κ2) is 8.60. The molecule has 0 aromatic heterocycles. The first-order valence-electron chi connectivity index (χ1n) is 8.64. The highest BCUT2D eigenvalue weighted by molar-refractivity contribution is 5.95. The zero-order valence-electron chi connectivity index (χ0n) is 15.8. The van der Waals surface area contributed by atoms with E-state index in [4.69, 9.17) is 14.2 Å². The molecule has 2 amide bonds. The van der Waals surface area contributed by atoms with E-state index in [0.29, 0.717) is 41.5 Å². The van der Waals surface area contributed by atoms with Crippen molar-refractivity contribution in [2.45, 2.75) is 33.7 Å². The van der Waals surface area contributed by atoms with Crippen molar-refractivity contribution < 1.29 is 23.8 Å². The lowest BCUT2D eigenvalue weighted by molar-refractivity contribution is -0.140. The van der Waals surface area contributed by atoms with Crippen molar-refractivity contribution in [3.05, 3.63) is 35.0 Å². The summed E-state index contributed by atoms with van der Waals surface area (Å²) in [4.78, 5) is 24.7. The number of carbonyl (C=O) groups is 2. The number of hydrogen-bond acceptors (Lipinski definition) is 5. The van der Waals surface area contributed by atoms with Gasteiger partial charge in [0.15, 0.2) is 11.5 Å². The predicted molar refractivity (Wildman–Crippen MR) is 97.1 cm³/mol. The molecule has 142 valence electrons. The molecule has 1 aromatic carbocycles. The minimum Gasteiger partial charge on any atom is -0.493 e. The number of benzene rings is 1. The number of allylic oxidation sites excluding steroid dienone is 1. The molecule has 0 saturated heterocycles. The Labute approximate surface area is 153 Å². The minimum absolute atomic E-state index is 0.209. The van der Waals surface area contributed by atoms with Crippen molar-refractivity contribution >= 4 is 12.0 Å². The number of rotatable bonds is 7. The molecule has 7 nitrogen and oxygen atoms in total. The Bertz CT molecular complexity index is 712. The SMILES string of the molecule is CCOc1c(OC)cccc1C1NC(=O)NC(C)=C1C(=O)OCC(C)C. The van der Waals surface area contributed by atoms with Gasteiger partial charge in [-0.25, -0.2) is 9.59 Å². The molecule has 1 heterocycles. The number of esters is 1. The fourth-order valence-electron chi connectivity index (χ4n) is 2.74. The molecular formula is C19H26N2O5. The van der Waals surface area contributed by atoms with Gasteiger partial charge in [0.25, 0.3) is 0 Å². The predicted octanol–water partition coefficient (Wildman–Crippen LogP) is 2.92. The molecule has 0 fully saturated rings. The van der Waals surface area contributed by atoms with Crippen LogP contribution in [0.25, 0.3) is 0 Å². The highest BCUT2D eigenvalue weighted by atomic mass is 16.5. The first-order chi connectivity index (χ1) is 12.4. The normalized spacial score (nSPS) is 16.8. The third-order valence-corrected chi connectivity index (χ3v) is 3.87. The van der Waals surface area contributed by atoms with Gasteiger partial charge in [0.1, 0.15) is 0 Å². The summed E-state index contributed by atoms with van der Waals surface area (Å²) in [5, 5.41) is 5.42. The van der Waals surface area contributed by atoms with Crippen LogP contribution in [-0.2, 0) is 9.53 Å². The van der Waals surface area contributed by atoms with Crippen LogP contribution in [0.4, 0.5) is 4.79 Å². The van der Waals surface area contributed by atoms with Gasteiger partial charge in [0.2, 0.25) is 0 Å². The Kier molecular flexibility index (Phi) is 6.49. The second-order valence-electron chi connectivity index (χ2n) is 6.37. The minimum atomic E-state index is -0.694. The summed E-state index contributed by atoms with van der Waals surface area (Å²) in [6, 6.07) is 4.27. The maximum absolute atomic E-state index is 12.7. The van der Waals surface area contributed by atoms with E-state index >= 15 is 0 Å². The van der Waals surface area contributed by atoms with E-state index in [1.54, 1.807) is 32.2 Å². The zero-order valence-corrected chi connectivity index (χ0v) is 15.8. The monoisotopic (exact) mass is 362 g/mol. The van der Waals surface area contributed by atoms with Crippen molar-refractivity contribution in [2.75, 3.05) is 20.3 Å². The van der Waals surface area contributed by atoms with Crippen LogP contribution < -0.4 is 20.1 Å². The number of para-hydroxylation sites is 1. The Morgan fingerprint density at radius 3 is 2.65 bits per heavy atom. The van der Waals surface area contributed by atoms with Crippen LogP contribution in [-0.4, -0.2) is 32.3 Å². The highest BCUT2D eigenvalue weighted by Gasteiger charge is 2.34. The van der Waals surface area contributed by atoms with Crippen LogP contribution >= 0.6 is 0 Å². The smallest absolute Gasteiger partial charge is 0.338 e. The summed E-state index contributed by atoms with van der Waals surface area (Å²) in [5.41, 5.74) is 1.44. The third kappa shape index (κ3) is 4.28. The van der Waals surface area contributed by atoms with Crippen molar-refractivity contribution in [3.8, 4) is 11.5 Å². The summed E-state index contributed by atoms with van der Waals surface area (Å²) in [7, 11) is 1.54. The maximum Gasteiger partial charge on any atom is 0.338 e. The Morgan fingerprint density at radius 2 is 2.04 bits per heavy atom. The molecule has 0 saturated carbocycles. The quantitative estimate of drug-likeness (QED) is 0.729. The van der Waals surface area contributed by atoms with Gasteiger partial charge >= 0.3 is 12.0 Å². The van der Waals surface area contributed by atoms with Crippen LogP contribution in [0.5, 0.6) is 11.5 Å². The van der Waals surface area contributed by atoms with Crippen molar-refractivity contribution in [3.63, 3.8) is 0 Å². The largest absolute Gasteiger partial charge is 0.493 e. The van der Waals surface area contributed by atoms with Crippen LogP contribution in [0, 0.1) is 5.92 Å². The maximum atomic E-state index is 12.7. The summed E-state index contributed by atoms with van der Waals surface area (Å²) < 4.78 is 16.5. The topological polar surface area (TPSA) is 85.9 Å². The molecule has 2 N–H and O–H groups in total. The molecule has 0 bridgehead atoms. The number of urea groups is 1. The lowest BCUT2D eigenvalue weighted by atomic mass is 9.94. The number of hydrogen-bond donors (Lipinski definition) is 2. The van der Waals surface area contributed by atoms with Crippen molar-refractivity contribution in [2.24, 2.45) is 5.92 Å². The fourth-order valence-corrected chi connectivity index (χ4v) is 2.74. The van der Waals surface area contributed by atoms with E-state index in [-0.39, 0.29) is 5.92 Å². The number of carbonyl (C=O) groups excluding carboxylic acids is 2. The van der Waals surface area contributed by atoms with Gasteiger partial charge in [-0.15, -0.1) is 0 Å². The van der Waals surface area contributed by atoms with Gasteiger partial charge in [-0.1, -0.05) is 26.0 Å². The first-order valence-corrected chi connectivity index (χ1v) is 8.64. The molecule has 1 aliphatic heterocycles. The Morgan fingerprint density at radius 1 is 1.31 bits per heavy atom. The molecule has 1 atom stereocenters. The van der Waals surface area contributed by atoms with Gasteiger partial charge in [0, 0.05) is 11.3 Å². The van der Waals surface area contributed by atoms with E-state index in [9.17, 15) is 9.59 Å². The molecule has 0 radical (unpaired) electrons. The summed E-state index contributed by atoms with van der Waals surface area (Å²) in [5.74, 6) is 0.760. The lowest BCUT2D eigenvalue weighted by Gasteiger charge is -2.29. The average Bonchev–Trinajstić information content (AvgIpc) is 2.59. The summed E-state index contributed by atoms with van der Waals surface area (Å²) >= 11 is 0. The zero-order chi connectivity index (χ0) is 19.3. The number of amides is 2. The van der Waals surface area contributed by atoms with Crippen LogP contribution in [0.15, 0.2) is 29.5 Å². The van der Waals surface area contributed by atoms with E-state index < -0.39 is 18.0 Å². The van der Waals surface area contributed by atoms with Gasteiger partial charge in [-0.05, 0) is 25.8 Å². The molecule has 2 rings (SSSR count). The third-order valence-electron chi connectivity index (χ3n) is 3.87. The summed E-state index contributed by atoms with van der Waals surface area (Å²) in [6.45, 7) is 8.17. The first kappa shape index (κ1) is 19.6. The standard InChI is InChI=1S/C19H26N2O5/c1-6-25-17-13(8-7-9-14(17)24-5)16-15(12(4)20-19(23)21-16)18(22)26-10-11(2)3/h7-9,11,16H,6,10H2,1-5H3,(H2,20,21,23). The lowest BCUT2D eigenvalue weighted by Crippen LogP contribution is -2.45. The average molecular weight is 362 g/mol. The summed E-state index contributed by atoms with van der Waals surface area (Å²) in [6.07, 6.45) is 0.